The molecule has 0 bridgehead atoms. The molecule has 0 saturated heterocycles. The fourth-order valence-electron chi connectivity index (χ4n) is 2.19. The van der Waals surface area contributed by atoms with Gasteiger partial charge in [0.05, 0.1) is 0 Å². The molecule has 0 aliphatic carbocycles. The van der Waals surface area contributed by atoms with Gasteiger partial charge < -0.3 is 16.0 Å². The second-order valence-corrected chi connectivity index (χ2v) is 6.64. The van der Waals surface area contributed by atoms with E-state index in [4.69, 9.17) is 0 Å². The molecule has 0 aromatic carbocycles. The van der Waals surface area contributed by atoms with Gasteiger partial charge in [-0.1, -0.05) is 13.0 Å². The van der Waals surface area contributed by atoms with Crippen LogP contribution in [-0.2, 0) is 4.79 Å². The topological polar surface area (TPSA) is 78.4 Å². The SMILES string of the molecule is CN=C(NCCC(=O)Nc1ccc(C)cn1)NCC(C)c1ccsc1. The summed E-state index contributed by atoms with van der Waals surface area (Å²) < 4.78 is 0. The first-order chi connectivity index (χ1) is 12.1. The Morgan fingerprint density at radius 3 is 2.80 bits per heavy atom. The molecule has 0 fully saturated rings. The third-order valence-corrected chi connectivity index (χ3v) is 4.44. The van der Waals surface area contributed by atoms with Gasteiger partial charge in [0.1, 0.15) is 5.82 Å². The van der Waals surface area contributed by atoms with Gasteiger partial charge in [0.2, 0.25) is 5.91 Å². The van der Waals surface area contributed by atoms with Crippen LogP contribution >= 0.6 is 11.3 Å². The predicted molar refractivity (Wildman–Crippen MR) is 104 cm³/mol. The number of guanidine groups is 1. The molecule has 3 N–H and O–H groups in total. The van der Waals surface area contributed by atoms with Gasteiger partial charge in [0, 0.05) is 32.8 Å². The third-order valence-electron chi connectivity index (χ3n) is 3.73. The van der Waals surface area contributed by atoms with Crippen LogP contribution in [0.25, 0.3) is 0 Å². The van der Waals surface area contributed by atoms with Crippen LogP contribution in [0.1, 0.15) is 30.4 Å². The lowest BCUT2D eigenvalue weighted by Crippen LogP contribution is -2.40. The maximum Gasteiger partial charge on any atom is 0.227 e. The van der Waals surface area contributed by atoms with Crippen molar-refractivity contribution in [2.45, 2.75) is 26.2 Å². The molecule has 2 aromatic rings. The molecule has 2 heterocycles. The molecule has 0 aliphatic rings. The minimum absolute atomic E-state index is 0.0778. The van der Waals surface area contributed by atoms with E-state index >= 15 is 0 Å². The molecule has 1 atom stereocenters. The molecule has 6 nitrogen and oxygen atoms in total. The van der Waals surface area contributed by atoms with Crippen molar-refractivity contribution < 1.29 is 4.79 Å². The molecule has 1 amide bonds. The first kappa shape index (κ1) is 18.9. The van der Waals surface area contributed by atoms with Crippen LogP contribution < -0.4 is 16.0 Å². The summed E-state index contributed by atoms with van der Waals surface area (Å²) in [7, 11) is 1.72. The number of anilines is 1. The summed E-state index contributed by atoms with van der Waals surface area (Å²) in [4.78, 5) is 20.3. The van der Waals surface area contributed by atoms with Crippen LogP contribution in [0.4, 0.5) is 5.82 Å². The average Bonchev–Trinajstić information content (AvgIpc) is 3.14. The standard InChI is InChI=1S/C18H25N5OS/c1-13-4-5-16(21-10-13)23-17(24)6-8-20-18(19-3)22-11-14(2)15-7-9-25-12-15/h4-5,7,9-10,12,14H,6,8,11H2,1-3H3,(H2,19,20,22)(H,21,23,24). The highest BCUT2D eigenvalue weighted by Crippen LogP contribution is 2.16. The lowest BCUT2D eigenvalue weighted by molar-refractivity contribution is -0.116. The molecule has 1 unspecified atom stereocenters. The highest BCUT2D eigenvalue weighted by molar-refractivity contribution is 7.07. The van der Waals surface area contributed by atoms with Crippen molar-refractivity contribution in [3.63, 3.8) is 0 Å². The molecule has 2 aromatic heterocycles. The van der Waals surface area contributed by atoms with E-state index in [1.165, 1.54) is 5.56 Å². The predicted octanol–water partition coefficient (Wildman–Crippen LogP) is 2.75. The highest BCUT2D eigenvalue weighted by atomic mass is 32.1. The molecule has 0 aliphatic heterocycles. The van der Waals surface area contributed by atoms with Crippen molar-refractivity contribution in [1.29, 1.82) is 0 Å². The van der Waals surface area contributed by atoms with Crippen LogP contribution in [0, 0.1) is 6.92 Å². The number of carbonyl (C=O) groups is 1. The number of thiophene rings is 1. The number of nitrogens with one attached hydrogen (secondary N) is 3. The Morgan fingerprint density at radius 2 is 2.16 bits per heavy atom. The highest BCUT2D eigenvalue weighted by Gasteiger charge is 2.08. The molecule has 134 valence electrons. The molecule has 0 spiro atoms. The quantitative estimate of drug-likeness (QED) is 0.525. The van der Waals surface area contributed by atoms with E-state index < -0.39 is 0 Å². The second kappa shape index (κ2) is 9.78. The summed E-state index contributed by atoms with van der Waals surface area (Å²) in [5, 5.41) is 13.5. The Balaban J connectivity index is 1.68. The minimum Gasteiger partial charge on any atom is -0.356 e. The minimum atomic E-state index is -0.0778. The van der Waals surface area contributed by atoms with E-state index in [2.05, 4.69) is 49.7 Å². The summed E-state index contributed by atoms with van der Waals surface area (Å²) in [5.74, 6) is 1.60. The number of amides is 1. The smallest absolute Gasteiger partial charge is 0.227 e. The van der Waals surface area contributed by atoms with Gasteiger partial charge in [0.25, 0.3) is 0 Å². The van der Waals surface area contributed by atoms with Gasteiger partial charge in [-0.15, -0.1) is 0 Å². The van der Waals surface area contributed by atoms with Crippen molar-refractivity contribution in [3.8, 4) is 0 Å². The lowest BCUT2D eigenvalue weighted by atomic mass is 10.1. The van der Waals surface area contributed by atoms with E-state index in [1.54, 1.807) is 30.6 Å². The van der Waals surface area contributed by atoms with Gasteiger partial charge in [0.15, 0.2) is 5.96 Å². The maximum atomic E-state index is 11.9. The van der Waals surface area contributed by atoms with Crippen molar-refractivity contribution in [2.75, 3.05) is 25.5 Å². The Morgan fingerprint density at radius 1 is 1.32 bits per heavy atom. The Kier molecular flexibility index (Phi) is 7.40. The second-order valence-electron chi connectivity index (χ2n) is 5.86. The van der Waals surface area contributed by atoms with Crippen LogP contribution in [0.15, 0.2) is 40.1 Å². The van der Waals surface area contributed by atoms with Crippen LogP contribution in [0.5, 0.6) is 0 Å². The molecular weight excluding hydrogens is 334 g/mol. The molecular formula is C18H25N5OS. The largest absolute Gasteiger partial charge is 0.356 e. The van der Waals surface area contributed by atoms with Crippen LogP contribution in [0.3, 0.4) is 0 Å². The first-order valence-corrected chi connectivity index (χ1v) is 9.22. The van der Waals surface area contributed by atoms with Gasteiger partial charge in [-0.2, -0.15) is 11.3 Å². The molecule has 7 heteroatoms. The summed E-state index contributed by atoms with van der Waals surface area (Å²) in [6, 6.07) is 5.85. The molecule has 25 heavy (non-hydrogen) atoms. The number of hydrogen-bond donors (Lipinski definition) is 3. The molecule has 0 saturated carbocycles. The van der Waals surface area contributed by atoms with Crippen LogP contribution in [-0.4, -0.2) is 37.0 Å². The fraction of sp³-hybridized carbons (Fsp3) is 0.389. The van der Waals surface area contributed by atoms with Crippen molar-refractivity contribution in [1.82, 2.24) is 15.6 Å². The van der Waals surface area contributed by atoms with Crippen LogP contribution in [0.2, 0.25) is 0 Å². The Bertz CT molecular complexity index is 682. The fourth-order valence-corrected chi connectivity index (χ4v) is 2.97. The number of carbonyl (C=O) groups excluding carboxylic acids is 1. The number of rotatable bonds is 7. The van der Waals surface area contributed by atoms with E-state index in [1.807, 2.05) is 13.0 Å². The van der Waals surface area contributed by atoms with Gasteiger partial charge in [-0.25, -0.2) is 4.98 Å². The number of hydrogen-bond acceptors (Lipinski definition) is 4. The van der Waals surface area contributed by atoms with Gasteiger partial charge in [-0.3, -0.25) is 9.79 Å². The van der Waals surface area contributed by atoms with E-state index in [-0.39, 0.29) is 5.91 Å². The summed E-state index contributed by atoms with van der Waals surface area (Å²) in [6.07, 6.45) is 2.07. The summed E-state index contributed by atoms with van der Waals surface area (Å²) in [6.45, 7) is 5.42. The zero-order chi connectivity index (χ0) is 18.1. The number of aliphatic imine (C=N–C) groups is 1. The Hall–Kier alpha value is -2.41. The first-order valence-electron chi connectivity index (χ1n) is 8.27. The maximum absolute atomic E-state index is 11.9. The summed E-state index contributed by atoms with van der Waals surface area (Å²) in [5.41, 5.74) is 2.38. The monoisotopic (exact) mass is 359 g/mol. The average molecular weight is 359 g/mol. The molecule has 2 rings (SSSR count). The number of aryl methyl sites for hydroxylation is 1. The van der Waals surface area contributed by atoms with Crippen molar-refractivity contribution in [2.24, 2.45) is 4.99 Å². The summed E-state index contributed by atoms with van der Waals surface area (Å²) >= 11 is 1.70. The van der Waals surface area contributed by atoms with E-state index in [0.717, 1.165) is 12.1 Å². The Labute approximate surface area is 152 Å². The normalized spacial score (nSPS) is 12.5. The molecule has 0 radical (unpaired) electrons. The zero-order valence-corrected chi connectivity index (χ0v) is 15.7. The van der Waals surface area contributed by atoms with Crippen molar-refractivity contribution in [3.05, 3.63) is 46.3 Å². The number of aromatic nitrogens is 1. The third kappa shape index (κ3) is 6.54. The van der Waals surface area contributed by atoms with Gasteiger partial charge in [-0.05, 0) is 46.9 Å². The van der Waals surface area contributed by atoms with Crippen molar-refractivity contribution >= 4 is 29.0 Å². The zero-order valence-electron chi connectivity index (χ0n) is 14.9. The van der Waals surface area contributed by atoms with E-state index in [0.29, 0.717) is 30.7 Å². The lowest BCUT2D eigenvalue weighted by Gasteiger charge is -2.15. The van der Waals surface area contributed by atoms with E-state index in [9.17, 15) is 4.79 Å². The number of pyridine rings is 1. The van der Waals surface area contributed by atoms with Gasteiger partial charge >= 0.3 is 0 Å². The number of nitrogens with zero attached hydrogens (tertiary/aromatic N) is 2.